The summed E-state index contributed by atoms with van der Waals surface area (Å²) in [4.78, 5) is 33.4. The maximum atomic E-state index is 12.9. The van der Waals surface area contributed by atoms with Gasteiger partial charge in [0.1, 0.15) is 12.1 Å². The van der Waals surface area contributed by atoms with E-state index in [1.54, 1.807) is 45.3 Å². The SMILES string of the molecule is N#Cc1cc(-c2nc(-c3ccccc3)nc(-c3ccccc3)n2)c(-n2c3ccccc3c3ccc4c5ccccc5sc4c32)c(-c2ccccc2)c1-n1c2ccc(-c3ccc4c(c3)c3ccc5c6ccccc6sc5c3n4-c3c(-c4nc(-c5ccccc5)nc(-c5ccccc5)n4)cc(C#N)c(-n4c5ccccc5c5ccc6c7ccccc7sc6c54)c3-c3ccccc3)cc2c2ccc3c4ccccc4sc3c21. The number of fused-ring (bicyclic) bond motifs is 28. The Morgan fingerprint density at radius 1 is 0.181 bits per heavy atom. The first kappa shape index (κ1) is 81.5. The highest BCUT2D eigenvalue weighted by atomic mass is 32.1. The second-order valence-electron chi connectivity index (χ2n) is 36.7. The van der Waals surface area contributed by atoms with E-state index in [0.29, 0.717) is 62.9 Å². The molecule has 30 aromatic rings. The van der Waals surface area contributed by atoms with Gasteiger partial charge in [-0.25, -0.2) is 29.9 Å². The normalized spacial score (nSPS) is 12.0. The lowest BCUT2D eigenvalue weighted by molar-refractivity contribution is 1.06. The molecule has 20 aromatic carbocycles. The molecule has 12 nitrogen and oxygen atoms in total. The van der Waals surface area contributed by atoms with Crippen LogP contribution in [0.15, 0.2) is 425 Å². The Labute approximate surface area is 837 Å². The summed E-state index contributed by atoms with van der Waals surface area (Å²) in [6.07, 6.45) is 0. The van der Waals surface area contributed by atoms with Crippen LogP contribution in [0.1, 0.15) is 11.1 Å². The van der Waals surface area contributed by atoms with E-state index < -0.39 is 0 Å². The average molecular weight is 1900 g/mol. The predicted octanol–water partition coefficient (Wildman–Crippen LogP) is 34.7. The number of rotatable bonds is 13. The molecular weight excluding hydrogens is 1830 g/mol. The first-order valence-electron chi connectivity index (χ1n) is 47.9. The van der Waals surface area contributed by atoms with E-state index in [1.807, 2.05) is 121 Å². The average Bonchev–Trinajstić information content (AvgIpc) is 1.52. The topological polar surface area (TPSA) is 145 Å². The number of nitriles is 2. The first-order chi connectivity index (χ1) is 71.4. The highest BCUT2D eigenvalue weighted by Gasteiger charge is 2.36. The zero-order valence-electron chi connectivity index (χ0n) is 76.4. The van der Waals surface area contributed by atoms with Crippen LogP contribution < -0.4 is 0 Å². The van der Waals surface area contributed by atoms with Gasteiger partial charge in [0.25, 0.3) is 0 Å². The summed E-state index contributed by atoms with van der Waals surface area (Å²) in [6.45, 7) is 0. The van der Waals surface area contributed by atoms with Gasteiger partial charge in [-0.15, -0.1) is 45.3 Å². The minimum absolute atomic E-state index is 0.394. The van der Waals surface area contributed by atoms with Crippen LogP contribution in [0.25, 0.3) is 292 Å². The molecule has 0 unspecified atom stereocenters. The van der Waals surface area contributed by atoms with Crippen molar-refractivity contribution in [3.05, 3.63) is 436 Å². The number of hydrogen-bond acceptors (Lipinski definition) is 12. The fourth-order valence-corrected chi connectivity index (χ4v) is 27.7. The van der Waals surface area contributed by atoms with Crippen LogP contribution in [0.5, 0.6) is 0 Å². The summed E-state index contributed by atoms with van der Waals surface area (Å²) < 4.78 is 18.9. The van der Waals surface area contributed by atoms with Gasteiger partial charge in [-0.05, 0) is 95.1 Å². The lowest BCUT2D eigenvalue weighted by atomic mass is 9.92. The molecule has 0 N–H and O–H groups in total. The van der Waals surface area contributed by atoms with Gasteiger partial charge in [-0.2, -0.15) is 10.5 Å². The highest BCUT2D eigenvalue weighted by Crippen LogP contribution is 2.57. The Kier molecular flexibility index (Phi) is 18.1. The van der Waals surface area contributed by atoms with Gasteiger partial charge < -0.3 is 18.3 Å². The molecule has 0 amide bonds. The summed E-state index contributed by atoms with van der Waals surface area (Å²) >= 11 is 7.16. The smallest absolute Gasteiger partial charge is 0.166 e. The van der Waals surface area contributed by atoms with Gasteiger partial charge in [-0.1, -0.05) is 352 Å². The standard InChI is InChI=1S/C128H70N12S4/c129-71-81-69-100(128-135-125(77-39-15-5-16-40-77)132-126(136-128)78-41-17-6-18-42-78)114(109(73-31-7-1-8-32-73)111(81)137-101-49-25-19-43-83(101)89-57-61-93-85-45-21-27-51-105(85)141-119(93)115(89)137)140-104-66-56-80(68-98(104)92-60-64-96-88-48-24-30-54-108(88)144-122(96)118(92)140)79-55-65-103-97(67-79)91-59-63-95-87-47-23-29-53-107(87)143-121(95)117(91)138(103)112-82(72-130)70-99(127-133-123(75-35-11-3-12-36-75)131-124(134-127)76-37-13-4-14-38-76)113(110(112)74-33-9-2-10-34-74)139-102-50-26-20-44-84(102)90-58-62-94-86-46-22-28-52-106(86)142-120(94)116(90)139/h1-70H. The first-order valence-corrected chi connectivity index (χ1v) is 51.2. The minimum atomic E-state index is 0.394. The third-order valence-electron chi connectivity index (χ3n) is 28.9. The van der Waals surface area contributed by atoms with E-state index in [0.717, 1.165) is 220 Å². The molecule has 10 aromatic heterocycles. The molecule has 144 heavy (non-hydrogen) atoms. The largest absolute Gasteiger partial charge is 0.306 e. The second kappa shape index (κ2) is 32.0. The van der Waals surface area contributed by atoms with E-state index in [-0.39, 0.29) is 0 Å². The van der Waals surface area contributed by atoms with Crippen molar-refractivity contribution >= 4 is 213 Å². The van der Waals surface area contributed by atoms with Gasteiger partial charge in [0.15, 0.2) is 34.9 Å². The molecule has 0 saturated carbocycles. The van der Waals surface area contributed by atoms with Crippen LogP contribution in [-0.4, -0.2) is 48.2 Å². The molecule has 0 bridgehead atoms. The molecule has 30 rings (SSSR count). The Balaban J connectivity index is 0.725. The third-order valence-corrected chi connectivity index (χ3v) is 33.7. The number of benzene rings is 20. The minimum Gasteiger partial charge on any atom is -0.306 e. The zero-order chi connectivity index (χ0) is 94.6. The van der Waals surface area contributed by atoms with Crippen molar-refractivity contribution in [3.63, 3.8) is 0 Å². The number of thiophene rings is 4. The summed E-state index contributed by atoms with van der Waals surface area (Å²) in [5.41, 5.74) is 21.5. The van der Waals surface area contributed by atoms with Crippen molar-refractivity contribution in [1.82, 2.24) is 48.2 Å². The number of nitrogens with zero attached hydrogens (tertiary/aromatic N) is 12. The van der Waals surface area contributed by atoms with Crippen molar-refractivity contribution in [2.45, 2.75) is 0 Å². The molecule has 0 fully saturated rings. The second-order valence-corrected chi connectivity index (χ2v) is 40.9. The predicted molar refractivity (Wildman–Crippen MR) is 600 cm³/mol. The van der Waals surface area contributed by atoms with E-state index in [4.69, 9.17) is 29.9 Å². The molecule has 0 radical (unpaired) electrons. The van der Waals surface area contributed by atoms with Gasteiger partial charge >= 0.3 is 0 Å². The molecule has 10 heterocycles. The Bertz CT molecular complexity index is 10700. The number of hydrogen-bond donors (Lipinski definition) is 0. The fourth-order valence-electron chi connectivity index (χ4n) is 22.7. The molecule has 0 aliphatic rings. The summed E-state index contributed by atoms with van der Waals surface area (Å²) in [6, 6.07) is 157. The third kappa shape index (κ3) is 12.2. The van der Waals surface area contributed by atoms with Crippen LogP contribution in [0.3, 0.4) is 0 Å². The zero-order valence-corrected chi connectivity index (χ0v) is 79.7. The van der Waals surface area contributed by atoms with Crippen molar-refractivity contribution in [3.8, 4) is 137 Å². The lowest BCUT2D eigenvalue weighted by Crippen LogP contribution is -2.10. The molecule has 0 atom stereocenters. The summed E-state index contributed by atoms with van der Waals surface area (Å²) in [5, 5.41) is 43.2. The van der Waals surface area contributed by atoms with Crippen LogP contribution >= 0.6 is 45.3 Å². The van der Waals surface area contributed by atoms with Crippen molar-refractivity contribution < 1.29 is 0 Å². The Morgan fingerprint density at radius 2 is 0.417 bits per heavy atom. The maximum Gasteiger partial charge on any atom is 0.166 e. The summed E-state index contributed by atoms with van der Waals surface area (Å²) in [7, 11) is 0. The van der Waals surface area contributed by atoms with Crippen LogP contribution in [-0.2, 0) is 0 Å². The Morgan fingerprint density at radius 3 is 0.715 bits per heavy atom. The summed E-state index contributed by atoms with van der Waals surface area (Å²) in [5.74, 6) is 2.77. The van der Waals surface area contributed by atoms with Crippen LogP contribution in [0, 0.1) is 22.7 Å². The van der Waals surface area contributed by atoms with Crippen molar-refractivity contribution in [2.75, 3.05) is 0 Å². The Hall–Kier alpha value is -18.5. The van der Waals surface area contributed by atoms with Crippen LogP contribution in [0.2, 0.25) is 0 Å². The van der Waals surface area contributed by atoms with Crippen LogP contribution in [0.4, 0.5) is 0 Å². The molecule has 0 aliphatic carbocycles. The number of para-hydroxylation sites is 2. The molecule has 666 valence electrons. The van der Waals surface area contributed by atoms with Gasteiger partial charge in [0.2, 0.25) is 0 Å². The molecule has 0 spiro atoms. The van der Waals surface area contributed by atoms with Gasteiger partial charge in [0.05, 0.1) is 96.8 Å². The number of aromatic nitrogens is 10. The van der Waals surface area contributed by atoms with Crippen molar-refractivity contribution in [1.29, 1.82) is 10.5 Å². The van der Waals surface area contributed by atoms with E-state index >= 15 is 0 Å². The highest BCUT2D eigenvalue weighted by molar-refractivity contribution is 7.28. The maximum absolute atomic E-state index is 12.9. The molecule has 0 aliphatic heterocycles. The van der Waals surface area contributed by atoms with E-state index in [1.165, 1.54) is 20.2 Å². The lowest BCUT2D eigenvalue weighted by Gasteiger charge is -2.24. The fraction of sp³-hybridized carbons (Fsp3) is 0. The van der Waals surface area contributed by atoms with E-state index in [2.05, 4.69) is 334 Å². The molecule has 0 saturated heterocycles. The monoisotopic (exact) mass is 1900 g/mol. The van der Waals surface area contributed by atoms with Gasteiger partial charge in [0, 0.05) is 149 Å². The van der Waals surface area contributed by atoms with E-state index in [9.17, 15) is 10.5 Å². The molecular formula is C128H70N12S4. The van der Waals surface area contributed by atoms with Gasteiger partial charge in [-0.3, -0.25) is 0 Å². The quantitative estimate of drug-likeness (QED) is 0.111. The molecule has 16 heteroatoms. The van der Waals surface area contributed by atoms with Crippen molar-refractivity contribution in [2.24, 2.45) is 0 Å².